The molecule has 3 rings (SSSR count). The predicted octanol–water partition coefficient (Wildman–Crippen LogP) is 2.41. The molecule has 0 bridgehead atoms. The van der Waals surface area contributed by atoms with E-state index in [9.17, 15) is 16.8 Å². The van der Waals surface area contributed by atoms with Crippen LogP contribution in [0.1, 0.15) is 24.5 Å². The van der Waals surface area contributed by atoms with E-state index in [2.05, 4.69) is 4.72 Å². The highest BCUT2D eigenvalue weighted by Gasteiger charge is 2.27. The molecule has 1 heterocycles. The van der Waals surface area contributed by atoms with E-state index in [0.29, 0.717) is 30.1 Å². The Labute approximate surface area is 197 Å². The Morgan fingerprint density at radius 2 is 1.75 bits per heavy atom. The molecule has 2 aromatic rings. The van der Waals surface area contributed by atoms with Gasteiger partial charge in [0.25, 0.3) is 10.2 Å². The lowest BCUT2D eigenvalue weighted by atomic mass is 10.0. The summed E-state index contributed by atoms with van der Waals surface area (Å²) in [5.74, 6) is 0. The summed E-state index contributed by atoms with van der Waals surface area (Å²) in [6, 6.07) is 12.3. The molecule has 0 aromatic heterocycles. The third-order valence-corrected chi connectivity index (χ3v) is 8.33. The van der Waals surface area contributed by atoms with E-state index in [0.717, 1.165) is 16.8 Å². The van der Waals surface area contributed by atoms with Gasteiger partial charge in [-0.2, -0.15) is 12.7 Å². The van der Waals surface area contributed by atoms with Crippen molar-refractivity contribution in [2.45, 2.75) is 32.4 Å². The molecule has 32 heavy (non-hydrogen) atoms. The molecule has 0 saturated heterocycles. The van der Waals surface area contributed by atoms with Gasteiger partial charge in [0.2, 0.25) is 10.9 Å². The first-order chi connectivity index (χ1) is 15.1. The zero-order valence-electron chi connectivity index (χ0n) is 18.4. The highest BCUT2D eigenvalue weighted by atomic mass is 35.5. The Balaban J connectivity index is 1.60. The molecular formula is C21H29ClN4O4S2. The van der Waals surface area contributed by atoms with Crippen LogP contribution in [0.25, 0.3) is 0 Å². The highest BCUT2D eigenvalue weighted by molar-refractivity contribution is 7.87. The summed E-state index contributed by atoms with van der Waals surface area (Å²) >= 11 is 6.02. The first kappa shape index (κ1) is 24.8. The SMILES string of the molecule is C[C@@H](CCNS(=O)(=O)N1CCc2cc(Cl)ccc2C1)N(c1ccc(N(C)C)cc1)[SH](=O)=O. The van der Waals surface area contributed by atoms with Crippen LogP contribution >= 0.6 is 11.6 Å². The lowest BCUT2D eigenvalue weighted by Crippen LogP contribution is -2.44. The Morgan fingerprint density at radius 3 is 2.38 bits per heavy atom. The van der Waals surface area contributed by atoms with Gasteiger partial charge in [0, 0.05) is 50.5 Å². The number of hydrogen-bond donors (Lipinski definition) is 2. The fraction of sp³-hybridized carbons (Fsp3) is 0.429. The molecule has 0 radical (unpaired) electrons. The molecule has 1 aliphatic rings. The second-order valence-electron chi connectivity index (χ2n) is 8.03. The molecular weight excluding hydrogens is 472 g/mol. The third-order valence-electron chi connectivity index (χ3n) is 5.56. The van der Waals surface area contributed by atoms with E-state index in [1.54, 1.807) is 25.1 Å². The van der Waals surface area contributed by atoms with Crippen molar-refractivity contribution >= 4 is 44.1 Å². The summed E-state index contributed by atoms with van der Waals surface area (Å²) in [6.45, 7) is 2.55. The number of rotatable bonds is 9. The summed E-state index contributed by atoms with van der Waals surface area (Å²) in [5.41, 5.74) is 3.51. The van der Waals surface area contributed by atoms with Gasteiger partial charge in [0.05, 0.1) is 5.69 Å². The maximum Gasteiger partial charge on any atom is 0.279 e. The molecule has 2 aromatic carbocycles. The largest absolute Gasteiger partial charge is 0.378 e. The van der Waals surface area contributed by atoms with Crippen molar-refractivity contribution in [2.24, 2.45) is 0 Å². The van der Waals surface area contributed by atoms with Crippen LogP contribution in [0.2, 0.25) is 5.02 Å². The Kier molecular flexibility index (Phi) is 8.05. The number of halogens is 1. The minimum atomic E-state index is -3.68. The lowest BCUT2D eigenvalue weighted by Gasteiger charge is -2.29. The van der Waals surface area contributed by atoms with Gasteiger partial charge in [-0.3, -0.25) is 4.31 Å². The molecule has 0 amide bonds. The van der Waals surface area contributed by atoms with Crippen molar-refractivity contribution in [1.82, 2.24) is 9.03 Å². The molecule has 11 heteroatoms. The first-order valence-electron chi connectivity index (χ1n) is 10.3. The van der Waals surface area contributed by atoms with Gasteiger partial charge < -0.3 is 4.90 Å². The van der Waals surface area contributed by atoms with Gasteiger partial charge in [0.15, 0.2) is 0 Å². The number of nitrogens with zero attached hydrogens (tertiary/aromatic N) is 3. The second-order valence-corrected chi connectivity index (χ2v) is 11.1. The van der Waals surface area contributed by atoms with Crippen molar-refractivity contribution in [3.8, 4) is 0 Å². The minimum absolute atomic E-state index is 0.128. The summed E-state index contributed by atoms with van der Waals surface area (Å²) in [6.07, 6.45) is 0.929. The van der Waals surface area contributed by atoms with Gasteiger partial charge in [-0.05, 0) is 67.3 Å². The molecule has 1 aliphatic heterocycles. The van der Waals surface area contributed by atoms with Crippen molar-refractivity contribution in [3.63, 3.8) is 0 Å². The van der Waals surface area contributed by atoms with Crippen molar-refractivity contribution in [1.29, 1.82) is 0 Å². The van der Waals surface area contributed by atoms with E-state index < -0.39 is 27.1 Å². The van der Waals surface area contributed by atoms with E-state index in [-0.39, 0.29) is 13.1 Å². The smallest absolute Gasteiger partial charge is 0.279 e. The second kappa shape index (κ2) is 10.4. The Bertz CT molecular complexity index is 1110. The summed E-state index contributed by atoms with van der Waals surface area (Å²) in [5, 5.41) is 0.643. The normalized spacial score (nSPS) is 15.4. The standard InChI is InChI=1S/C21H29ClN4O4S2/c1-16(26(31(27)28)21-8-6-20(7-9-21)24(2)3)10-12-23-32(29,30)25-13-11-17-14-19(22)5-4-18(17)15-25/h4-9,14,16,23,31H,10-13,15H2,1-3H3/t16-/m0/s1. The highest BCUT2D eigenvalue weighted by Crippen LogP contribution is 2.25. The molecule has 8 nitrogen and oxygen atoms in total. The van der Waals surface area contributed by atoms with E-state index in [1.807, 2.05) is 43.3 Å². The molecule has 0 unspecified atom stereocenters. The topological polar surface area (TPSA) is 90.0 Å². The average Bonchev–Trinajstić information content (AvgIpc) is 2.73. The molecule has 0 fully saturated rings. The number of fused-ring (bicyclic) bond motifs is 1. The van der Waals surface area contributed by atoms with Crippen LogP contribution < -0.4 is 13.9 Å². The molecule has 0 aliphatic carbocycles. The number of nitrogens with one attached hydrogen (secondary N) is 1. The van der Waals surface area contributed by atoms with E-state index in [4.69, 9.17) is 11.6 Å². The number of anilines is 2. The van der Waals surface area contributed by atoms with Crippen molar-refractivity contribution < 1.29 is 16.8 Å². The minimum Gasteiger partial charge on any atom is -0.378 e. The van der Waals surface area contributed by atoms with Gasteiger partial charge in [-0.15, -0.1) is 0 Å². The number of benzene rings is 2. The predicted molar refractivity (Wildman–Crippen MR) is 130 cm³/mol. The Morgan fingerprint density at radius 1 is 1.09 bits per heavy atom. The van der Waals surface area contributed by atoms with Crippen molar-refractivity contribution in [3.05, 3.63) is 58.6 Å². The van der Waals surface area contributed by atoms with Crippen LogP contribution in [-0.4, -0.2) is 54.4 Å². The Hall–Kier alpha value is -1.85. The van der Waals surface area contributed by atoms with Crippen LogP contribution in [0.4, 0.5) is 11.4 Å². The van der Waals surface area contributed by atoms with Gasteiger partial charge in [0.1, 0.15) is 0 Å². The van der Waals surface area contributed by atoms with Gasteiger partial charge in [-0.25, -0.2) is 13.1 Å². The zero-order chi connectivity index (χ0) is 23.5. The molecule has 176 valence electrons. The van der Waals surface area contributed by atoms with Crippen LogP contribution in [0.5, 0.6) is 0 Å². The molecule has 0 saturated carbocycles. The van der Waals surface area contributed by atoms with E-state index in [1.165, 1.54) is 8.61 Å². The van der Waals surface area contributed by atoms with Gasteiger partial charge >= 0.3 is 0 Å². The summed E-state index contributed by atoms with van der Waals surface area (Å²) < 4.78 is 54.7. The quantitative estimate of drug-likeness (QED) is 0.516. The number of thiol groups is 1. The number of hydrogen-bond acceptors (Lipinski definition) is 5. The van der Waals surface area contributed by atoms with Crippen molar-refractivity contribution in [2.75, 3.05) is 36.4 Å². The maximum atomic E-state index is 12.8. The van der Waals surface area contributed by atoms with Gasteiger partial charge in [-0.1, -0.05) is 17.7 Å². The first-order valence-corrected chi connectivity index (χ1v) is 13.3. The van der Waals surface area contributed by atoms with Crippen LogP contribution in [0.15, 0.2) is 42.5 Å². The fourth-order valence-corrected chi connectivity index (χ4v) is 5.88. The van der Waals surface area contributed by atoms with Crippen LogP contribution in [0, 0.1) is 0 Å². The van der Waals surface area contributed by atoms with Crippen LogP contribution in [-0.2, 0) is 34.1 Å². The zero-order valence-corrected chi connectivity index (χ0v) is 20.8. The maximum absolute atomic E-state index is 12.8. The van der Waals surface area contributed by atoms with E-state index >= 15 is 0 Å². The summed E-state index contributed by atoms with van der Waals surface area (Å²) in [4.78, 5) is 1.93. The molecule has 1 N–H and O–H groups in total. The fourth-order valence-electron chi connectivity index (χ4n) is 3.72. The molecule has 1 atom stereocenters. The lowest BCUT2D eigenvalue weighted by molar-refractivity contribution is 0.383. The monoisotopic (exact) mass is 500 g/mol. The van der Waals surface area contributed by atoms with Crippen LogP contribution in [0.3, 0.4) is 0 Å². The average molecular weight is 501 g/mol. The summed E-state index contributed by atoms with van der Waals surface area (Å²) in [7, 11) is -2.74. The molecule has 0 spiro atoms. The third kappa shape index (κ3) is 5.93.